The van der Waals surface area contributed by atoms with Crippen molar-refractivity contribution in [2.75, 3.05) is 13.2 Å². The minimum absolute atomic E-state index is 0.113. The van der Waals surface area contributed by atoms with Crippen molar-refractivity contribution < 1.29 is 14.6 Å². The van der Waals surface area contributed by atoms with Gasteiger partial charge in [0.25, 0.3) is 0 Å². The first-order valence-electron chi connectivity index (χ1n) is 13.5. The molecule has 3 aromatic rings. The number of nitrogens with one attached hydrogen (secondary N) is 1. The van der Waals surface area contributed by atoms with E-state index >= 15 is 0 Å². The summed E-state index contributed by atoms with van der Waals surface area (Å²) in [6.45, 7) is 7.34. The first-order chi connectivity index (χ1) is 17.4. The highest BCUT2D eigenvalue weighted by atomic mass is 16.5. The lowest BCUT2D eigenvalue weighted by Gasteiger charge is -2.44. The topological polar surface area (TPSA) is 58.6 Å². The van der Waals surface area contributed by atoms with E-state index in [1.807, 2.05) is 6.92 Å². The first-order valence-corrected chi connectivity index (χ1v) is 13.5. The predicted molar refractivity (Wildman–Crippen MR) is 143 cm³/mol. The zero-order chi connectivity index (χ0) is 25.1. The molecular weight excluding hydrogens is 446 g/mol. The number of aryl methyl sites for hydroxylation is 1. The Morgan fingerprint density at radius 1 is 1.14 bits per heavy atom. The molecule has 0 unspecified atom stereocenters. The van der Waals surface area contributed by atoms with E-state index in [1.165, 1.54) is 33.0 Å². The van der Waals surface area contributed by atoms with Crippen LogP contribution in [-0.4, -0.2) is 30.3 Å². The summed E-state index contributed by atoms with van der Waals surface area (Å²) in [6, 6.07) is 21.7. The molecule has 3 aromatic carbocycles. The van der Waals surface area contributed by atoms with Gasteiger partial charge in [0.15, 0.2) is 0 Å². The van der Waals surface area contributed by atoms with Crippen LogP contribution in [0.15, 0.2) is 60.7 Å². The van der Waals surface area contributed by atoms with Crippen LogP contribution in [0.4, 0.5) is 0 Å². The second kappa shape index (κ2) is 8.71. The molecule has 3 aliphatic carbocycles. The molecule has 2 bridgehead atoms. The molecule has 0 aromatic heterocycles. The summed E-state index contributed by atoms with van der Waals surface area (Å²) in [5.41, 5.74) is 4.43. The van der Waals surface area contributed by atoms with Gasteiger partial charge in [-0.1, -0.05) is 54.6 Å². The Labute approximate surface area is 214 Å². The Morgan fingerprint density at radius 3 is 2.75 bits per heavy atom. The van der Waals surface area contributed by atoms with Gasteiger partial charge in [-0.2, -0.15) is 0 Å². The van der Waals surface area contributed by atoms with E-state index in [0.717, 1.165) is 25.8 Å². The molecule has 6 rings (SSSR count). The standard InChI is InChI=1S/C32H37NO3/c1-4-36-30(35)29-28-20(2)8-7-11-25(28)26-14-15-31(18-32(26,29)17-27(31)34)19-33-21(3)23-13-12-22-9-5-6-10-24(22)16-23/h5-13,16,21,26-27,29,33-34H,4,14-15,17-19H2,1-3H3/t21-,26+,27+,29+,31-,32+/m0/s1. The monoisotopic (exact) mass is 483 g/mol. The maximum Gasteiger partial charge on any atom is 0.314 e. The third-order valence-electron chi connectivity index (χ3n) is 9.74. The quantitative estimate of drug-likeness (QED) is 0.412. The summed E-state index contributed by atoms with van der Waals surface area (Å²) in [7, 11) is 0. The van der Waals surface area contributed by atoms with E-state index in [4.69, 9.17) is 4.74 Å². The van der Waals surface area contributed by atoms with Crippen molar-refractivity contribution in [3.05, 3.63) is 82.9 Å². The van der Waals surface area contributed by atoms with Crippen molar-refractivity contribution in [1.82, 2.24) is 5.32 Å². The molecule has 0 saturated heterocycles. The van der Waals surface area contributed by atoms with Crippen LogP contribution in [0.5, 0.6) is 0 Å². The Balaban J connectivity index is 1.29. The van der Waals surface area contributed by atoms with Gasteiger partial charge in [-0.3, -0.25) is 4.79 Å². The van der Waals surface area contributed by atoms with E-state index < -0.39 is 6.10 Å². The Kier molecular flexibility index (Phi) is 5.73. The highest BCUT2D eigenvalue weighted by Crippen LogP contribution is 2.72. The molecule has 36 heavy (non-hydrogen) atoms. The SMILES string of the molecule is CCOC(=O)[C@H]1c2c(C)cccc2[C@H]2CC[C@@]3(CN[C@@H](C)c4ccc5ccccc5c4)C[C@]21C[C@H]3O. The van der Waals surface area contributed by atoms with Gasteiger partial charge < -0.3 is 15.2 Å². The second-order valence-electron chi connectivity index (χ2n) is 11.6. The van der Waals surface area contributed by atoms with Crippen LogP contribution in [-0.2, 0) is 9.53 Å². The van der Waals surface area contributed by atoms with Crippen molar-refractivity contribution in [2.24, 2.45) is 10.8 Å². The summed E-state index contributed by atoms with van der Waals surface area (Å²) < 4.78 is 5.66. The van der Waals surface area contributed by atoms with E-state index in [1.54, 1.807) is 0 Å². The average molecular weight is 484 g/mol. The molecule has 0 amide bonds. The van der Waals surface area contributed by atoms with Gasteiger partial charge >= 0.3 is 5.97 Å². The second-order valence-corrected chi connectivity index (χ2v) is 11.6. The average Bonchev–Trinajstić information content (AvgIpc) is 3.29. The number of esters is 1. The normalized spacial score (nSPS) is 31.2. The highest BCUT2D eigenvalue weighted by Gasteiger charge is 2.68. The number of fused-ring (bicyclic) bond motifs is 4. The fraction of sp³-hybridized carbons (Fsp3) is 0.469. The minimum atomic E-state index is -0.426. The molecule has 2 N–H and O–H groups in total. The number of carbonyl (C=O) groups is 1. The third kappa shape index (κ3) is 3.45. The fourth-order valence-corrected chi connectivity index (χ4v) is 8.04. The van der Waals surface area contributed by atoms with E-state index in [9.17, 15) is 9.90 Å². The summed E-state index contributed by atoms with van der Waals surface area (Å²) in [4.78, 5) is 13.4. The molecule has 2 saturated carbocycles. The zero-order valence-electron chi connectivity index (χ0n) is 21.6. The van der Waals surface area contributed by atoms with Crippen molar-refractivity contribution in [3.8, 4) is 0 Å². The molecule has 4 heteroatoms. The van der Waals surface area contributed by atoms with Crippen molar-refractivity contribution in [3.63, 3.8) is 0 Å². The van der Waals surface area contributed by atoms with Gasteiger partial charge in [-0.25, -0.2) is 0 Å². The Hall–Kier alpha value is -2.69. The molecule has 2 fully saturated rings. The molecule has 0 heterocycles. The van der Waals surface area contributed by atoms with Gasteiger partial charge in [0.2, 0.25) is 0 Å². The number of carbonyl (C=O) groups excluding carboxylic acids is 1. The predicted octanol–water partition coefficient (Wildman–Crippen LogP) is 6.16. The Morgan fingerprint density at radius 2 is 1.94 bits per heavy atom. The third-order valence-corrected chi connectivity index (χ3v) is 9.74. The van der Waals surface area contributed by atoms with Crippen molar-refractivity contribution in [2.45, 2.75) is 70.4 Å². The molecule has 188 valence electrons. The van der Waals surface area contributed by atoms with Gasteiger partial charge in [0, 0.05) is 18.0 Å². The van der Waals surface area contributed by atoms with Crippen LogP contribution in [0.3, 0.4) is 0 Å². The van der Waals surface area contributed by atoms with Gasteiger partial charge in [0.05, 0.1) is 18.6 Å². The molecule has 1 spiro atoms. The fourth-order valence-electron chi connectivity index (χ4n) is 8.04. The van der Waals surface area contributed by atoms with Crippen LogP contribution in [0.25, 0.3) is 10.8 Å². The number of aliphatic hydroxyl groups is 1. The van der Waals surface area contributed by atoms with Gasteiger partial charge in [0.1, 0.15) is 0 Å². The van der Waals surface area contributed by atoms with Gasteiger partial charge in [-0.05, 0) is 96.9 Å². The lowest BCUT2D eigenvalue weighted by Crippen LogP contribution is -2.44. The highest BCUT2D eigenvalue weighted by molar-refractivity contribution is 5.84. The number of rotatable bonds is 6. The molecule has 3 aliphatic rings. The number of hydrogen-bond acceptors (Lipinski definition) is 4. The first kappa shape index (κ1) is 23.7. The summed E-state index contributed by atoms with van der Waals surface area (Å²) in [5.74, 6) is -0.0867. The Bertz CT molecular complexity index is 1320. The molecule has 0 radical (unpaired) electrons. The maximum atomic E-state index is 13.4. The van der Waals surface area contributed by atoms with E-state index in [2.05, 4.69) is 79.8 Å². The van der Waals surface area contributed by atoms with Crippen LogP contribution in [0.1, 0.15) is 79.7 Å². The van der Waals surface area contributed by atoms with E-state index in [-0.39, 0.29) is 28.8 Å². The minimum Gasteiger partial charge on any atom is -0.466 e. The van der Waals surface area contributed by atoms with E-state index in [0.29, 0.717) is 18.9 Å². The number of ether oxygens (including phenoxy) is 1. The van der Waals surface area contributed by atoms with Crippen LogP contribution >= 0.6 is 0 Å². The molecule has 0 aliphatic heterocycles. The van der Waals surface area contributed by atoms with Crippen molar-refractivity contribution in [1.29, 1.82) is 0 Å². The smallest absolute Gasteiger partial charge is 0.314 e. The van der Waals surface area contributed by atoms with Crippen LogP contribution < -0.4 is 5.32 Å². The molecule has 6 atom stereocenters. The summed E-state index contributed by atoms with van der Waals surface area (Å²) in [5, 5.41) is 17.9. The molecular formula is C32H37NO3. The summed E-state index contributed by atoms with van der Waals surface area (Å²) >= 11 is 0. The zero-order valence-corrected chi connectivity index (χ0v) is 21.6. The summed E-state index contributed by atoms with van der Waals surface area (Å²) in [6.07, 6.45) is 3.09. The largest absolute Gasteiger partial charge is 0.466 e. The van der Waals surface area contributed by atoms with Crippen LogP contribution in [0.2, 0.25) is 0 Å². The van der Waals surface area contributed by atoms with Crippen molar-refractivity contribution >= 4 is 16.7 Å². The maximum absolute atomic E-state index is 13.4. The number of hydrogen-bond donors (Lipinski definition) is 2. The van der Waals surface area contributed by atoms with Gasteiger partial charge in [-0.15, -0.1) is 0 Å². The lowest BCUT2D eigenvalue weighted by molar-refractivity contribution is -0.149. The molecule has 4 nitrogen and oxygen atoms in total. The number of benzene rings is 3. The lowest BCUT2D eigenvalue weighted by atomic mass is 9.60. The van der Waals surface area contributed by atoms with Crippen LogP contribution in [0, 0.1) is 17.8 Å². The number of aliphatic hydroxyl groups excluding tert-OH is 1.